The maximum absolute atomic E-state index is 13.5. The van der Waals surface area contributed by atoms with E-state index in [9.17, 15) is 26.3 Å². The molecule has 0 saturated heterocycles. The van der Waals surface area contributed by atoms with Gasteiger partial charge in [0.1, 0.15) is 5.70 Å². The fourth-order valence-electron chi connectivity index (χ4n) is 2.83. The van der Waals surface area contributed by atoms with E-state index in [0.717, 1.165) is 23.1 Å². The number of hydrogen-bond donors (Lipinski definition) is 0. The third kappa shape index (κ3) is 5.28. The molecule has 0 radical (unpaired) electrons. The van der Waals surface area contributed by atoms with Crippen molar-refractivity contribution in [1.29, 1.82) is 0 Å². The third-order valence-electron chi connectivity index (χ3n) is 4.26. The topological polar surface area (TPSA) is 3.24 Å². The monoisotopic (exact) mass is 387 g/mol. The number of allylic oxidation sites excluding steroid dienone is 2. The first-order valence-electron chi connectivity index (χ1n) is 8.25. The van der Waals surface area contributed by atoms with Crippen LogP contribution in [-0.4, -0.2) is 11.1 Å². The van der Waals surface area contributed by atoms with Gasteiger partial charge in [-0.25, -0.2) is 0 Å². The number of hydrogen-bond acceptors (Lipinski definition) is 1. The maximum atomic E-state index is 13.5. The first kappa shape index (κ1) is 20.9. The van der Waals surface area contributed by atoms with Crippen LogP contribution in [0.4, 0.5) is 26.3 Å². The van der Waals surface area contributed by atoms with Crippen LogP contribution in [0, 0.1) is 0 Å². The summed E-state index contributed by atoms with van der Waals surface area (Å²) in [7, 11) is 0. The molecule has 0 spiro atoms. The van der Waals surface area contributed by atoms with Crippen molar-refractivity contribution in [3.63, 3.8) is 0 Å². The Morgan fingerprint density at radius 3 is 1.93 bits per heavy atom. The molecular weight excluding hydrogens is 368 g/mol. The molecule has 7 heteroatoms. The molecular formula is C20H19F6N. The van der Waals surface area contributed by atoms with Crippen molar-refractivity contribution < 1.29 is 26.3 Å². The molecule has 0 heterocycles. The van der Waals surface area contributed by atoms with Crippen LogP contribution < -0.4 is 0 Å². The fraction of sp³-hybridized carbons (Fsp3) is 0.300. The van der Waals surface area contributed by atoms with E-state index in [4.69, 9.17) is 0 Å². The summed E-state index contributed by atoms with van der Waals surface area (Å²) in [5.74, 6) is 0. The van der Waals surface area contributed by atoms with E-state index in [-0.39, 0.29) is 6.54 Å². The Bertz CT molecular complexity index is 760. The molecule has 146 valence electrons. The van der Waals surface area contributed by atoms with E-state index in [1.807, 2.05) is 0 Å². The highest BCUT2D eigenvalue weighted by molar-refractivity contribution is 5.28. The SMILES string of the molecule is C/C=C(\N(Cc1ccccc1)C(C)c1ccc(C(F)(F)F)cc1)C(F)(F)F. The van der Waals surface area contributed by atoms with Gasteiger partial charge in [0.15, 0.2) is 0 Å². The summed E-state index contributed by atoms with van der Waals surface area (Å²) in [5.41, 5.74) is -0.642. The summed E-state index contributed by atoms with van der Waals surface area (Å²) in [4.78, 5) is 1.15. The minimum Gasteiger partial charge on any atom is -0.357 e. The van der Waals surface area contributed by atoms with Gasteiger partial charge in [-0.3, -0.25) is 0 Å². The van der Waals surface area contributed by atoms with Crippen LogP contribution in [-0.2, 0) is 12.7 Å². The summed E-state index contributed by atoms with van der Waals surface area (Å²) in [6.45, 7) is 2.81. The Morgan fingerprint density at radius 2 is 1.48 bits per heavy atom. The number of halogens is 6. The average molecular weight is 387 g/mol. The summed E-state index contributed by atoms with van der Waals surface area (Å²) in [6, 6.07) is 12.0. The zero-order valence-corrected chi connectivity index (χ0v) is 14.8. The standard InChI is InChI=1S/C20H19F6N/c1-3-18(20(24,25)26)27(13-15-7-5-4-6-8-15)14(2)16-9-11-17(12-10-16)19(21,22)23/h3-12,14H,13H2,1-2H3/b18-3-. The molecule has 0 amide bonds. The van der Waals surface area contributed by atoms with Crippen LogP contribution in [0.5, 0.6) is 0 Å². The van der Waals surface area contributed by atoms with Gasteiger partial charge in [0.2, 0.25) is 0 Å². The van der Waals surface area contributed by atoms with Crippen molar-refractivity contribution >= 4 is 0 Å². The number of nitrogens with zero attached hydrogens (tertiary/aromatic N) is 1. The van der Waals surface area contributed by atoms with Gasteiger partial charge in [0.05, 0.1) is 11.6 Å². The molecule has 0 aliphatic carbocycles. The van der Waals surface area contributed by atoms with Gasteiger partial charge >= 0.3 is 12.4 Å². The number of alkyl halides is 6. The molecule has 0 saturated carbocycles. The average Bonchev–Trinajstić information content (AvgIpc) is 2.60. The van der Waals surface area contributed by atoms with E-state index in [2.05, 4.69) is 0 Å². The Balaban J connectivity index is 2.40. The van der Waals surface area contributed by atoms with E-state index < -0.39 is 29.7 Å². The summed E-state index contributed by atoms with van der Waals surface area (Å²) in [5, 5.41) is 0. The minimum atomic E-state index is -4.58. The van der Waals surface area contributed by atoms with Crippen LogP contribution >= 0.6 is 0 Å². The Kier molecular flexibility index (Phi) is 6.23. The van der Waals surface area contributed by atoms with Crippen LogP contribution in [0.15, 0.2) is 66.4 Å². The highest BCUT2D eigenvalue weighted by Crippen LogP contribution is 2.37. The van der Waals surface area contributed by atoms with Crippen molar-refractivity contribution in [2.75, 3.05) is 0 Å². The van der Waals surface area contributed by atoms with E-state index in [1.54, 1.807) is 37.3 Å². The van der Waals surface area contributed by atoms with Gasteiger partial charge in [-0.05, 0) is 37.1 Å². The van der Waals surface area contributed by atoms with Gasteiger partial charge in [-0.15, -0.1) is 0 Å². The molecule has 0 N–H and O–H groups in total. The Morgan fingerprint density at radius 1 is 0.926 bits per heavy atom. The van der Waals surface area contributed by atoms with Crippen molar-refractivity contribution in [2.45, 2.75) is 38.8 Å². The number of benzene rings is 2. The highest BCUT2D eigenvalue weighted by atomic mass is 19.4. The molecule has 0 bridgehead atoms. The summed E-state index contributed by atoms with van der Waals surface area (Å²) in [6.07, 6.45) is -8.10. The molecule has 1 atom stereocenters. The lowest BCUT2D eigenvalue weighted by Gasteiger charge is -2.34. The molecule has 2 rings (SSSR count). The summed E-state index contributed by atoms with van der Waals surface area (Å²) < 4.78 is 78.7. The van der Waals surface area contributed by atoms with Crippen molar-refractivity contribution in [1.82, 2.24) is 4.90 Å². The van der Waals surface area contributed by atoms with Crippen molar-refractivity contribution in [3.05, 3.63) is 83.1 Å². The minimum absolute atomic E-state index is 0.0256. The predicted molar refractivity (Wildman–Crippen MR) is 91.7 cm³/mol. The molecule has 0 aliphatic heterocycles. The van der Waals surface area contributed by atoms with Crippen LogP contribution in [0.25, 0.3) is 0 Å². The Labute approximate surface area is 153 Å². The molecule has 0 fully saturated rings. The molecule has 0 aliphatic rings. The third-order valence-corrected chi connectivity index (χ3v) is 4.26. The Hall–Kier alpha value is -2.44. The van der Waals surface area contributed by atoms with E-state index in [0.29, 0.717) is 11.1 Å². The molecule has 2 aromatic carbocycles. The van der Waals surface area contributed by atoms with Crippen molar-refractivity contribution in [2.24, 2.45) is 0 Å². The van der Waals surface area contributed by atoms with Crippen LogP contribution in [0.2, 0.25) is 0 Å². The molecule has 1 unspecified atom stereocenters. The van der Waals surface area contributed by atoms with Crippen molar-refractivity contribution in [3.8, 4) is 0 Å². The second-order valence-electron chi connectivity index (χ2n) is 6.08. The quantitative estimate of drug-likeness (QED) is 0.514. The summed E-state index contributed by atoms with van der Waals surface area (Å²) >= 11 is 0. The van der Waals surface area contributed by atoms with Gasteiger partial charge in [-0.1, -0.05) is 48.5 Å². The highest BCUT2D eigenvalue weighted by Gasteiger charge is 2.39. The lowest BCUT2D eigenvalue weighted by atomic mass is 10.0. The maximum Gasteiger partial charge on any atom is 0.430 e. The second kappa shape index (κ2) is 8.06. The van der Waals surface area contributed by atoms with Crippen LogP contribution in [0.3, 0.4) is 0 Å². The zero-order chi connectivity index (χ0) is 20.2. The number of rotatable bonds is 5. The van der Waals surface area contributed by atoms with Gasteiger partial charge in [0, 0.05) is 6.54 Å². The zero-order valence-electron chi connectivity index (χ0n) is 14.8. The first-order valence-corrected chi connectivity index (χ1v) is 8.25. The molecule has 27 heavy (non-hydrogen) atoms. The lowest BCUT2D eigenvalue weighted by molar-refractivity contribution is -0.137. The molecule has 1 nitrogen and oxygen atoms in total. The predicted octanol–water partition coefficient (Wildman–Crippen LogP) is 6.73. The van der Waals surface area contributed by atoms with Gasteiger partial charge in [-0.2, -0.15) is 26.3 Å². The largest absolute Gasteiger partial charge is 0.430 e. The smallest absolute Gasteiger partial charge is 0.357 e. The molecule has 2 aromatic rings. The van der Waals surface area contributed by atoms with Gasteiger partial charge < -0.3 is 4.90 Å². The lowest BCUT2D eigenvalue weighted by Crippen LogP contribution is -2.33. The molecule has 0 aromatic heterocycles. The van der Waals surface area contributed by atoms with Crippen LogP contribution in [0.1, 0.15) is 36.6 Å². The van der Waals surface area contributed by atoms with E-state index >= 15 is 0 Å². The first-order chi connectivity index (χ1) is 12.5. The second-order valence-corrected chi connectivity index (χ2v) is 6.08. The van der Waals surface area contributed by atoms with Gasteiger partial charge in [0.25, 0.3) is 0 Å². The van der Waals surface area contributed by atoms with E-state index in [1.165, 1.54) is 19.1 Å². The normalized spacial score (nSPS) is 14.1. The fourth-order valence-corrected chi connectivity index (χ4v) is 2.83.